The van der Waals surface area contributed by atoms with Gasteiger partial charge in [0.05, 0.1) is 10.6 Å². The number of hydrogen-bond acceptors (Lipinski definition) is 5. The third-order valence-electron chi connectivity index (χ3n) is 5.47. The number of amides is 1. The third kappa shape index (κ3) is 4.24. The zero-order chi connectivity index (χ0) is 19.0. The largest absolute Gasteiger partial charge is 0.360 e. The Morgan fingerprint density at radius 2 is 1.93 bits per heavy atom. The molecule has 7 heteroatoms. The van der Waals surface area contributed by atoms with Crippen molar-refractivity contribution in [1.29, 1.82) is 0 Å². The van der Waals surface area contributed by atoms with Crippen LogP contribution in [-0.2, 0) is 9.84 Å². The molecule has 0 aliphatic heterocycles. The van der Waals surface area contributed by atoms with Crippen LogP contribution >= 0.6 is 0 Å². The van der Waals surface area contributed by atoms with E-state index in [1.807, 2.05) is 0 Å². The van der Waals surface area contributed by atoms with Crippen LogP contribution in [0.2, 0.25) is 0 Å². The van der Waals surface area contributed by atoms with Crippen molar-refractivity contribution < 1.29 is 17.7 Å². The molecule has 0 radical (unpaired) electrons. The van der Waals surface area contributed by atoms with E-state index in [2.05, 4.69) is 17.4 Å². The zero-order valence-electron chi connectivity index (χ0n) is 15.3. The smallest absolute Gasteiger partial charge is 0.277 e. The van der Waals surface area contributed by atoms with Crippen molar-refractivity contribution in [2.24, 2.45) is 11.8 Å². The summed E-state index contributed by atoms with van der Waals surface area (Å²) in [7, 11) is -3.30. The molecule has 0 spiro atoms. The fourth-order valence-electron chi connectivity index (χ4n) is 3.78. The van der Waals surface area contributed by atoms with Gasteiger partial charge in [0.1, 0.15) is 5.76 Å². The minimum atomic E-state index is -3.30. The molecule has 0 saturated heterocycles. The molecule has 27 heavy (non-hydrogen) atoms. The first-order valence-corrected chi connectivity index (χ1v) is 11.2. The monoisotopic (exact) mass is 388 g/mol. The molecule has 1 aromatic heterocycles. The topological polar surface area (TPSA) is 89.3 Å². The molecule has 1 aromatic carbocycles. The van der Waals surface area contributed by atoms with Gasteiger partial charge >= 0.3 is 0 Å². The van der Waals surface area contributed by atoms with Crippen LogP contribution in [0.15, 0.2) is 39.8 Å². The highest BCUT2D eigenvalue weighted by Crippen LogP contribution is 2.40. The summed E-state index contributed by atoms with van der Waals surface area (Å²) in [5.74, 6) is 1.85. The van der Waals surface area contributed by atoms with Gasteiger partial charge < -0.3 is 9.84 Å². The van der Waals surface area contributed by atoms with Gasteiger partial charge in [0.2, 0.25) is 0 Å². The van der Waals surface area contributed by atoms with Crippen molar-refractivity contribution in [2.45, 2.75) is 49.8 Å². The molecule has 2 fully saturated rings. The van der Waals surface area contributed by atoms with Gasteiger partial charge in [-0.05, 0) is 61.8 Å². The van der Waals surface area contributed by atoms with Crippen LogP contribution in [-0.4, -0.2) is 25.2 Å². The fraction of sp³-hybridized carbons (Fsp3) is 0.500. The van der Waals surface area contributed by atoms with E-state index in [0.29, 0.717) is 22.4 Å². The maximum atomic E-state index is 12.6. The Morgan fingerprint density at radius 1 is 1.19 bits per heavy atom. The molecular weight excluding hydrogens is 364 g/mol. The molecular formula is C20H24N2O4S. The van der Waals surface area contributed by atoms with E-state index in [1.165, 1.54) is 0 Å². The zero-order valence-corrected chi connectivity index (χ0v) is 16.2. The second-order valence-corrected chi connectivity index (χ2v) is 9.97. The highest BCUT2D eigenvalue weighted by atomic mass is 32.2. The number of sulfone groups is 1. The number of hydrogen-bond donors (Lipinski definition) is 1. The number of nitrogens with one attached hydrogen (secondary N) is 1. The number of anilines is 1. The minimum Gasteiger partial charge on any atom is -0.360 e. The first kappa shape index (κ1) is 18.2. The molecule has 1 amide bonds. The van der Waals surface area contributed by atoms with Gasteiger partial charge in [0.15, 0.2) is 15.5 Å². The molecule has 1 heterocycles. The summed E-state index contributed by atoms with van der Waals surface area (Å²) in [5, 5.41) is 6.54. The summed E-state index contributed by atoms with van der Waals surface area (Å²) in [5.41, 5.74) is 0.772. The van der Waals surface area contributed by atoms with Gasteiger partial charge in [-0.25, -0.2) is 8.42 Å². The van der Waals surface area contributed by atoms with Gasteiger partial charge in [-0.1, -0.05) is 18.5 Å². The molecule has 2 aromatic rings. The highest BCUT2D eigenvalue weighted by Gasteiger charge is 2.29. The summed E-state index contributed by atoms with van der Waals surface area (Å²) in [6.07, 6.45) is 5.22. The number of carbonyl (C=O) groups is 1. The molecule has 2 aliphatic rings. The van der Waals surface area contributed by atoms with E-state index in [1.54, 1.807) is 30.3 Å². The molecule has 2 saturated carbocycles. The lowest BCUT2D eigenvalue weighted by Crippen LogP contribution is -2.15. The van der Waals surface area contributed by atoms with E-state index in [4.69, 9.17) is 4.52 Å². The Balaban J connectivity index is 1.39. The van der Waals surface area contributed by atoms with Crippen molar-refractivity contribution >= 4 is 21.4 Å². The van der Waals surface area contributed by atoms with Crippen molar-refractivity contribution in [2.75, 3.05) is 11.1 Å². The molecule has 4 rings (SSSR count). The standard InChI is InChI=1S/C20H24N2O4S/c1-13-2-3-14(10-13)12-27(24,25)17-8-6-16(7-9-17)21-20(23)18-11-19(26-22-18)15-4-5-15/h6-9,11,13-15H,2-5,10,12H2,1H3,(H,21,23). The summed E-state index contributed by atoms with van der Waals surface area (Å²) in [6, 6.07) is 8.02. The lowest BCUT2D eigenvalue weighted by Gasteiger charge is -2.11. The van der Waals surface area contributed by atoms with Gasteiger partial charge in [0.25, 0.3) is 5.91 Å². The van der Waals surface area contributed by atoms with Crippen molar-refractivity contribution in [3.8, 4) is 0 Å². The van der Waals surface area contributed by atoms with Crippen LogP contribution in [0.3, 0.4) is 0 Å². The molecule has 6 nitrogen and oxygen atoms in total. The Kier molecular flexibility index (Phi) is 4.80. The van der Waals surface area contributed by atoms with Crippen molar-refractivity contribution in [3.05, 3.63) is 41.8 Å². The predicted octanol–water partition coefficient (Wildman–Crippen LogP) is 4.01. The maximum absolute atomic E-state index is 12.6. The molecule has 1 N–H and O–H groups in total. The Labute approximate surface area is 159 Å². The van der Waals surface area contributed by atoms with E-state index in [0.717, 1.165) is 37.9 Å². The summed E-state index contributed by atoms with van der Waals surface area (Å²) >= 11 is 0. The third-order valence-corrected chi connectivity index (χ3v) is 7.37. The molecule has 2 unspecified atom stereocenters. The number of rotatable bonds is 6. The number of benzene rings is 1. The van der Waals surface area contributed by atoms with Crippen LogP contribution in [0, 0.1) is 11.8 Å². The van der Waals surface area contributed by atoms with E-state index >= 15 is 0 Å². The fourth-order valence-corrected chi connectivity index (χ4v) is 5.45. The van der Waals surface area contributed by atoms with E-state index in [9.17, 15) is 13.2 Å². The van der Waals surface area contributed by atoms with Crippen molar-refractivity contribution in [3.63, 3.8) is 0 Å². The summed E-state index contributed by atoms with van der Waals surface area (Å²) in [6.45, 7) is 2.17. The van der Waals surface area contributed by atoms with Crippen LogP contribution in [0.4, 0.5) is 5.69 Å². The second kappa shape index (κ2) is 7.11. The van der Waals surface area contributed by atoms with Gasteiger partial charge in [0, 0.05) is 17.7 Å². The normalized spacial score (nSPS) is 22.7. The Bertz CT molecular complexity index is 929. The van der Waals surface area contributed by atoms with E-state index < -0.39 is 9.84 Å². The number of aromatic nitrogens is 1. The molecule has 0 bridgehead atoms. The summed E-state index contributed by atoms with van der Waals surface area (Å²) in [4.78, 5) is 12.6. The highest BCUT2D eigenvalue weighted by molar-refractivity contribution is 7.91. The van der Waals surface area contributed by atoms with Gasteiger partial charge in [-0.15, -0.1) is 0 Å². The van der Waals surface area contributed by atoms with Gasteiger partial charge in [-0.2, -0.15) is 0 Å². The maximum Gasteiger partial charge on any atom is 0.277 e. The summed E-state index contributed by atoms with van der Waals surface area (Å²) < 4.78 is 30.4. The lowest BCUT2D eigenvalue weighted by molar-refractivity contribution is 0.101. The average molecular weight is 388 g/mol. The van der Waals surface area contributed by atoms with Crippen LogP contribution in [0.5, 0.6) is 0 Å². The number of nitrogens with zero attached hydrogens (tertiary/aromatic N) is 1. The quantitative estimate of drug-likeness (QED) is 0.807. The average Bonchev–Trinajstić information content (AvgIpc) is 3.22. The van der Waals surface area contributed by atoms with Crippen LogP contribution < -0.4 is 5.32 Å². The van der Waals surface area contributed by atoms with Crippen molar-refractivity contribution in [1.82, 2.24) is 5.16 Å². The Morgan fingerprint density at radius 3 is 2.56 bits per heavy atom. The SMILES string of the molecule is CC1CCC(CS(=O)(=O)c2ccc(NC(=O)c3cc(C4CC4)on3)cc2)C1. The first-order chi connectivity index (χ1) is 12.9. The molecule has 2 atom stereocenters. The minimum absolute atomic E-state index is 0.200. The van der Waals surface area contributed by atoms with Crippen LogP contribution in [0.25, 0.3) is 0 Å². The molecule has 2 aliphatic carbocycles. The van der Waals surface area contributed by atoms with E-state index in [-0.39, 0.29) is 23.3 Å². The Hall–Kier alpha value is -2.15. The van der Waals surface area contributed by atoms with Gasteiger partial charge in [-0.3, -0.25) is 4.79 Å². The van der Waals surface area contributed by atoms with Crippen LogP contribution in [0.1, 0.15) is 61.2 Å². The lowest BCUT2D eigenvalue weighted by atomic mass is 10.1. The molecule has 144 valence electrons. The predicted molar refractivity (Wildman–Crippen MR) is 101 cm³/mol. The number of carbonyl (C=O) groups excluding carboxylic acids is 1. The first-order valence-electron chi connectivity index (χ1n) is 9.51. The second-order valence-electron chi connectivity index (χ2n) is 7.93.